The zero-order chi connectivity index (χ0) is 28.9. The highest BCUT2D eigenvalue weighted by molar-refractivity contribution is 5.95. The molecule has 2 heterocycles. The Bertz CT molecular complexity index is 1060. The van der Waals surface area contributed by atoms with Crippen molar-refractivity contribution in [3.8, 4) is 0 Å². The number of carbonyl (C=O) groups is 1. The van der Waals surface area contributed by atoms with Crippen LogP contribution < -0.4 is 0 Å². The number of allylic oxidation sites excluding steroid dienone is 1. The van der Waals surface area contributed by atoms with Crippen LogP contribution >= 0.6 is 0 Å². The quantitative estimate of drug-likeness (QED) is 0.446. The second-order valence-electron chi connectivity index (χ2n) is 15.3. The van der Waals surface area contributed by atoms with Gasteiger partial charge in [0.15, 0.2) is 11.6 Å². The van der Waals surface area contributed by atoms with Gasteiger partial charge in [0.2, 0.25) is 0 Å². The van der Waals surface area contributed by atoms with E-state index >= 15 is 0 Å². The van der Waals surface area contributed by atoms with Gasteiger partial charge < -0.3 is 29.2 Å². The number of hydrogen-bond donors (Lipinski definition) is 2. The minimum Gasteiger partial charge on any atom is -0.390 e. The van der Waals surface area contributed by atoms with Crippen molar-refractivity contribution < 1.29 is 34.0 Å². The molecule has 5 fully saturated rings. The van der Waals surface area contributed by atoms with Gasteiger partial charge in [-0.1, -0.05) is 27.7 Å². The lowest BCUT2D eigenvalue weighted by Crippen LogP contribution is -2.62. The minimum atomic E-state index is -1.06. The van der Waals surface area contributed by atoms with Gasteiger partial charge in [-0.25, -0.2) is 0 Å². The van der Waals surface area contributed by atoms with E-state index < -0.39 is 28.0 Å². The van der Waals surface area contributed by atoms with Gasteiger partial charge in [0.25, 0.3) is 0 Å². The average Bonchev–Trinajstić information content (AvgIpc) is 3.53. The molecule has 2 saturated heterocycles. The van der Waals surface area contributed by atoms with Crippen molar-refractivity contribution >= 4 is 5.78 Å². The minimum absolute atomic E-state index is 0.00735. The zero-order valence-electron chi connectivity index (χ0n) is 25.8. The molecule has 0 unspecified atom stereocenters. The van der Waals surface area contributed by atoms with Gasteiger partial charge in [-0.05, 0) is 114 Å². The zero-order valence-corrected chi connectivity index (χ0v) is 25.8. The summed E-state index contributed by atoms with van der Waals surface area (Å²) in [6.45, 7) is 14.8. The lowest BCUT2D eigenvalue weighted by molar-refractivity contribution is -0.179. The lowest BCUT2D eigenvalue weighted by atomic mass is 9.45. The Morgan fingerprint density at radius 1 is 1.02 bits per heavy atom. The second kappa shape index (κ2) is 9.33. The number of aliphatic hydroxyl groups is 2. The van der Waals surface area contributed by atoms with Crippen molar-refractivity contribution in [2.24, 2.45) is 28.6 Å². The molecule has 7 nitrogen and oxygen atoms in total. The highest BCUT2D eigenvalue weighted by Gasteiger charge is 2.70. The molecule has 0 amide bonds. The molecule has 10 atom stereocenters. The summed E-state index contributed by atoms with van der Waals surface area (Å²) in [5.74, 6) is -0.262. The molecule has 7 heteroatoms. The van der Waals surface area contributed by atoms with Crippen LogP contribution in [0.3, 0.4) is 0 Å². The first-order chi connectivity index (χ1) is 18.6. The first kappa shape index (κ1) is 29.3. The van der Waals surface area contributed by atoms with Crippen LogP contribution in [0.1, 0.15) is 113 Å². The van der Waals surface area contributed by atoms with Gasteiger partial charge in [-0.3, -0.25) is 4.79 Å². The van der Waals surface area contributed by atoms with E-state index in [9.17, 15) is 15.0 Å². The first-order valence-corrected chi connectivity index (χ1v) is 16.0. The van der Waals surface area contributed by atoms with E-state index in [4.69, 9.17) is 18.9 Å². The molecule has 3 saturated carbocycles. The van der Waals surface area contributed by atoms with Crippen molar-refractivity contribution in [3.63, 3.8) is 0 Å². The summed E-state index contributed by atoms with van der Waals surface area (Å²) < 4.78 is 25.6. The molecular formula is C33H52O7. The summed E-state index contributed by atoms with van der Waals surface area (Å²) in [6.07, 6.45) is 9.36. The van der Waals surface area contributed by atoms with Crippen LogP contribution in [0.5, 0.6) is 0 Å². The predicted octanol–water partition coefficient (Wildman–Crippen LogP) is 5.45. The van der Waals surface area contributed by atoms with Crippen LogP contribution in [-0.4, -0.2) is 63.7 Å². The third-order valence-corrected chi connectivity index (χ3v) is 12.9. The van der Waals surface area contributed by atoms with Gasteiger partial charge in [0, 0.05) is 11.3 Å². The number of carbonyl (C=O) groups excluding carboxylic acids is 1. The van der Waals surface area contributed by atoms with E-state index in [-0.39, 0.29) is 54.1 Å². The maximum Gasteiger partial charge on any atom is 0.168 e. The molecular weight excluding hydrogens is 508 g/mol. The molecule has 40 heavy (non-hydrogen) atoms. The monoisotopic (exact) mass is 560 g/mol. The Morgan fingerprint density at radius 3 is 2.40 bits per heavy atom. The smallest absolute Gasteiger partial charge is 0.168 e. The van der Waals surface area contributed by atoms with E-state index in [0.29, 0.717) is 25.7 Å². The van der Waals surface area contributed by atoms with E-state index in [0.717, 1.165) is 44.1 Å². The van der Waals surface area contributed by atoms with Crippen molar-refractivity contribution in [2.75, 3.05) is 6.79 Å². The molecule has 0 aromatic rings. The van der Waals surface area contributed by atoms with Gasteiger partial charge in [0.05, 0.1) is 35.1 Å². The van der Waals surface area contributed by atoms with Crippen molar-refractivity contribution in [1.82, 2.24) is 0 Å². The molecule has 4 aliphatic carbocycles. The fourth-order valence-corrected chi connectivity index (χ4v) is 10.3. The number of ketones is 1. The molecule has 0 aromatic heterocycles. The number of hydrogen-bond acceptors (Lipinski definition) is 7. The van der Waals surface area contributed by atoms with E-state index in [1.54, 1.807) is 0 Å². The number of rotatable bonds is 6. The first-order valence-electron chi connectivity index (χ1n) is 16.0. The third kappa shape index (κ3) is 4.01. The molecule has 2 aliphatic heterocycles. The van der Waals surface area contributed by atoms with Crippen molar-refractivity contribution in [2.45, 2.75) is 154 Å². The van der Waals surface area contributed by atoms with Crippen LogP contribution in [0.15, 0.2) is 11.6 Å². The van der Waals surface area contributed by atoms with Crippen LogP contribution in [0.4, 0.5) is 0 Å². The maximum atomic E-state index is 13.9. The fourth-order valence-electron chi connectivity index (χ4n) is 10.3. The van der Waals surface area contributed by atoms with Gasteiger partial charge in [0.1, 0.15) is 6.79 Å². The normalized spacial score (nSPS) is 49.7. The van der Waals surface area contributed by atoms with Gasteiger partial charge in [-0.15, -0.1) is 0 Å². The van der Waals surface area contributed by atoms with Crippen LogP contribution in [-0.2, 0) is 23.7 Å². The Morgan fingerprint density at radius 2 is 1.73 bits per heavy atom. The average molecular weight is 561 g/mol. The second-order valence-corrected chi connectivity index (χ2v) is 15.3. The molecule has 226 valence electrons. The largest absolute Gasteiger partial charge is 0.390 e. The fraction of sp³-hybridized carbons (Fsp3) is 0.909. The summed E-state index contributed by atoms with van der Waals surface area (Å²) in [4.78, 5) is 13.9. The molecule has 6 rings (SSSR count). The van der Waals surface area contributed by atoms with Crippen molar-refractivity contribution in [3.05, 3.63) is 11.6 Å². The third-order valence-electron chi connectivity index (χ3n) is 12.9. The molecule has 0 aromatic carbocycles. The summed E-state index contributed by atoms with van der Waals surface area (Å²) >= 11 is 0. The SMILES string of the molecule is CCC1(CC)O[C@H]2C[C@@]3(C)[C@@H](C[C@H]2O1)C(=O)C=C1[C@@H]3CC[C@]2(C)[C@@H]([C@@]3(C)OCO[C@@H]3CCC(C)(C)O)CC[C@@]12O. The summed E-state index contributed by atoms with van der Waals surface area (Å²) in [7, 11) is 0. The lowest BCUT2D eigenvalue weighted by Gasteiger charge is -2.60. The van der Waals surface area contributed by atoms with E-state index in [1.165, 1.54) is 0 Å². The molecule has 0 spiro atoms. The summed E-state index contributed by atoms with van der Waals surface area (Å²) in [6, 6.07) is 0. The Labute approximate surface area is 240 Å². The van der Waals surface area contributed by atoms with Crippen LogP contribution in [0.25, 0.3) is 0 Å². The molecule has 2 N–H and O–H groups in total. The van der Waals surface area contributed by atoms with E-state index in [1.807, 2.05) is 19.9 Å². The van der Waals surface area contributed by atoms with E-state index in [2.05, 4.69) is 34.6 Å². The Hall–Kier alpha value is -0.830. The van der Waals surface area contributed by atoms with Crippen LogP contribution in [0.2, 0.25) is 0 Å². The topological polar surface area (TPSA) is 94.5 Å². The molecule has 6 aliphatic rings. The number of ether oxygens (including phenoxy) is 4. The summed E-state index contributed by atoms with van der Waals surface area (Å²) in [5.41, 5.74) is -2.12. The highest BCUT2D eigenvalue weighted by atomic mass is 16.8. The summed E-state index contributed by atoms with van der Waals surface area (Å²) in [5, 5.41) is 23.1. The predicted molar refractivity (Wildman–Crippen MR) is 150 cm³/mol. The Balaban J connectivity index is 1.30. The van der Waals surface area contributed by atoms with Crippen molar-refractivity contribution in [1.29, 1.82) is 0 Å². The molecule has 0 radical (unpaired) electrons. The Kier molecular flexibility index (Phi) is 6.82. The highest BCUT2D eigenvalue weighted by Crippen LogP contribution is 2.70. The number of fused-ring (bicyclic) bond motifs is 6. The van der Waals surface area contributed by atoms with Gasteiger partial charge in [-0.2, -0.15) is 0 Å². The molecule has 0 bridgehead atoms. The van der Waals surface area contributed by atoms with Gasteiger partial charge >= 0.3 is 0 Å². The van der Waals surface area contributed by atoms with Crippen LogP contribution in [0, 0.1) is 28.6 Å². The standard InChI is InChI=1S/C33H52O7/c1-8-32(9-2)39-24-17-22-23(34)16-21-20(29(22,5)18-25(24)40-32)10-14-30(6)26(11-15-33(21,30)36)31(7)27(37-19-38-31)12-13-28(3,4)35/h16,20,22,24-27,35-36H,8-15,17-19H2,1-7H3/t20-,22-,24+,25-,26-,27+,29+,30+,31+,33+/m0/s1. The maximum absolute atomic E-state index is 13.9.